The second-order valence-electron chi connectivity index (χ2n) is 7.92. The molecule has 0 unspecified atom stereocenters. The van der Waals surface area contributed by atoms with Gasteiger partial charge in [0, 0.05) is 25.3 Å². The lowest BCUT2D eigenvalue weighted by molar-refractivity contribution is -0.122. The van der Waals surface area contributed by atoms with E-state index in [4.69, 9.17) is 9.84 Å². The molecule has 0 aromatic heterocycles. The van der Waals surface area contributed by atoms with Gasteiger partial charge in [-0.3, -0.25) is 9.69 Å². The number of aryl methyl sites for hydroxylation is 1. The molecule has 0 spiro atoms. The Balaban J connectivity index is 2.20. The van der Waals surface area contributed by atoms with Gasteiger partial charge in [0.1, 0.15) is 5.75 Å². The number of hydrogen-bond acceptors (Lipinski definition) is 4. The van der Waals surface area contributed by atoms with Crippen LogP contribution in [0.25, 0.3) is 0 Å². The quantitative estimate of drug-likeness (QED) is 0.801. The Morgan fingerprint density at radius 2 is 2.07 bits per heavy atom. The number of nitrogens with zero attached hydrogens (tertiary/aromatic N) is 1. The Kier molecular flexibility index (Phi) is 9.64. The van der Waals surface area contributed by atoms with Crippen LogP contribution in [0.4, 0.5) is 0 Å². The molecule has 5 heteroatoms. The topological polar surface area (TPSA) is 61.8 Å². The Morgan fingerprint density at radius 3 is 2.85 bits per heavy atom. The number of carbonyl (C=O) groups excluding carboxylic acids is 1. The fraction of sp³-hybridized carbons (Fsp3) is 0.682. The van der Waals surface area contributed by atoms with Crippen LogP contribution in [0.5, 0.6) is 5.75 Å². The van der Waals surface area contributed by atoms with E-state index in [9.17, 15) is 4.79 Å². The number of benzene rings is 1. The maximum absolute atomic E-state index is 12.3. The maximum atomic E-state index is 12.3. The van der Waals surface area contributed by atoms with Crippen LogP contribution in [0.3, 0.4) is 0 Å². The van der Waals surface area contributed by atoms with Crippen molar-refractivity contribution in [2.24, 2.45) is 5.92 Å². The van der Waals surface area contributed by atoms with Crippen LogP contribution in [0.2, 0.25) is 0 Å². The minimum Gasteiger partial charge on any atom is -0.493 e. The molecule has 1 aromatic rings. The third-order valence-electron chi connectivity index (χ3n) is 4.93. The van der Waals surface area contributed by atoms with Crippen molar-refractivity contribution >= 4 is 5.91 Å². The largest absolute Gasteiger partial charge is 0.493 e. The predicted molar refractivity (Wildman–Crippen MR) is 109 cm³/mol. The molecule has 0 aliphatic carbocycles. The number of rotatable bonds is 6. The first-order valence-corrected chi connectivity index (χ1v) is 10.4. The van der Waals surface area contributed by atoms with Crippen molar-refractivity contribution in [1.82, 2.24) is 10.2 Å². The summed E-state index contributed by atoms with van der Waals surface area (Å²) in [6.07, 6.45) is 5.73. The van der Waals surface area contributed by atoms with E-state index in [1.54, 1.807) is 0 Å². The predicted octanol–water partition coefficient (Wildman–Crippen LogP) is 3.14. The van der Waals surface area contributed by atoms with Gasteiger partial charge in [0.25, 0.3) is 0 Å². The van der Waals surface area contributed by atoms with E-state index in [1.165, 1.54) is 5.56 Å². The van der Waals surface area contributed by atoms with Gasteiger partial charge in [-0.25, -0.2) is 0 Å². The zero-order valence-corrected chi connectivity index (χ0v) is 17.0. The molecule has 2 N–H and O–H groups in total. The highest BCUT2D eigenvalue weighted by Gasteiger charge is 2.16. The lowest BCUT2D eigenvalue weighted by Crippen LogP contribution is -2.38. The van der Waals surface area contributed by atoms with Crippen molar-refractivity contribution < 1.29 is 14.6 Å². The summed E-state index contributed by atoms with van der Waals surface area (Å²) in [4.78, 5) is 14.6. The summed E-state index contributed by atoms with van der Waals surface area (Å²) in [6, 6.07) is 6.34. The summed E-state index contributed by atoms with van der Waals surface area (Å²) in [5.74, 6) is 1.64. The highest BCUT2D eigenvalue weighted by atomic mass is 16.5. The lowest BCUT2D eigenvalue weighted by atomic mass is 10.0. The van der Waals surface area contributed by atoms with Crippen molar-refractivity contribution in [3.05, 3.63) is 29.3 Å². The third-order valence-corrected chi connectivity index (χ3v) is 4.93. The SMILES string of the molecule is CC(C)CCN1CC(=O)NCCCCCOc2ccc(CCCO)cc2C1. The van der Waals surface area contributed by atoms with Gasteiger partial charge in [0.15, 0.2) is 0 Å². The second-order valence-corrected chi connectivity index (χ2v) is 7.92. The number of aliphatic hydroxyl groups is 1. The van der Waals surface area contributed by atoms with Crippen LogP contribution in [-0.2, 0) is 17.8 Å². The third kappa shape index (κ3) is 8.31. The summed E-state index contributed by atoms with van der Waals surface area (Å²) in [6.45, 7) is 8.11. The van der Waals surface area contributed by atoms with Crippen LogP contribution >= 0.6 is 0 Å². The lowest BCUT2D eigenvalue weighted by Gasteiger charge is -2.24. The first-order chi connectivity index (χ1) is 13.1. The van der Waals surface area contributed by atoms with Crippen LogP contribution in [0.1, 0.15) is 57.1 Å². The average Bonchev–Trinajstić information content (AvgIpc) is 2.65. The number of ether oxygens (including phenoxy) is 1. The van der Waals surface area contributed by atoms with Gasteiger partial charge in [-0.05, 0) is 62.6 Å². The molecule has 5 nitrogen and oxygen atoms in total. The van der Waals surface area contributed by atoms with E-state index in [0.29, 0.717) is 25.6 Å². The fourth-order valence-corrected chi connectivity index (χ4v) is 3.30. The van der Waals surface area contributed by atoms with Gasteiger partial charge in [0.05, 0.1) is 13.2 Å². The molecule has 0 fully saturated rings. The smallest absolute Gasteiger partial charge is 0.234 e. The molecular formula is C22H36N2O3. The van der Waals surface area contributed by atoms with Crippen LogP contribution in [-0.4, -0.2) is 48.8 Å². The van der Waals surface area contributed by atoms with Gasteiger partial charge in [-0.15, -0.1) is 0 Å². The molecule has 1 aliphatic heterocycles. The van der Waals surface area contributed by atoms with Crippen molar-refractivity contribution in [3.8, 4) is 5.75 Å². The van der Waals surface area contributed by atoms with Gasteiger partial charge in [0.2, 0.25) is 5.91 Å². The summed E-state index contributed by atoms with van der Waals surface area (Å²) < 4.78 is 6.08. The molecule has 0 saturated heterocycles. The highest BCUT2D eigenvalue weighted by Crippen LogP contribution is 2.24. The Morgan fingerprint density at radius 1 is 1.22 bits per heavy atom. The molecule has 27 heavy (non-hydrogen) atoms. The molecule has 0 bridgehead atoms. The first-order valence-electron chi connectivity index (χ1n) is 10.4. The normalized spacial score (nSPS) is 17.3. The van der Waals surface area contributed by atoms with Crippen LogP contribution in [0, 0.1) is 5.92 Å². The molecular weight excluding hydrogens is 340 g/mol. The number of aliphatic hydroxyl groups excluding tert-OH is 1. The molecule has 0 radical (unpaired) electrons. The Hall–Kier alpha value is -1.59. The molecule has 1 aromatic carbocycles. The minimum atomic E-state index is 0.108. The van der Waals surface area contributed by atoms with E-state index in [0.717, 1.165) is 62.9 Å². The number of hydrogen-bond donors (Lipinski definition) is 2. The molecule has 0 saturated carbocycles. The molecule has 1 amide bonds. The van der Waals surface area contributed by atoms with Crippen molar-refractivity contribution in [3.63, 3.8) is 0 Å². The number of fused-ring (bicyclic) bond motifs is 1. The molecule has 152 valence electrons. The number of amides is 1. The highest BCUT2D eigenvalue weighted by molar-refractivity contribution is 5.78. The van der Waals surface area contributed by atoms with Crippen LogP contribution in [0.15, 0.2) is 18.2 Å². The molecule has 1 aliphatic rings. The molecule has 0 atom stereocenters. The Labute approximate surface area is 164 Å². The van der Waals surface area contributed by atoms with Gasteiger partial charge < -0.3 is 15.2 Å². The van der Waals surface area contributed by atoms with Crippen molar-refractivity contribution in [2.45, 2.75) is 58.9 Å². The van der Waals surface area contributed by atoms with E-state index >= 15 is 0 Å². The van der Waals surface area contributed by atoms with E-state index in [2.05, 4.69) is 42.3 Å². The summed E-state index contributed by atoms with van der Waals surface area (Å²) in [5.41, 5.74) is 2.35. The first kappa shape index (κ1) is 21.7. The van der Waals surface area contributed by atoms with Crippen molar-refractivity contribution in [1.29, 1.82) is 0 Å². The van der Waals surface area contributed by atoms with Crippen LogP contribution < -0.4 is 10.1 Å². The van der Waals surface area contributed by atoms with Gasteiger partial charge in [-0.1, -0.05) is 26.0 Å². The fourth-order valence-electron chi connectivity index (χ4n) is 3.30. The summed E-state index contributed by atoms with van der Waals surface area (Å²) >= 11 is 0. The van der Waals surface area contributed by atoms with Crippen molar-refractivity contribution in [2.75, 3.05) is 32.8 Å². The molecule has 1 heterocycles. The summed E-state index contributed by atoms with van der Waals surface area (Å²) in [5, 5.41) is 12.2. The second kappa shape index (κ2) is 12.0. The average molecular weight is 377 g/mol. The standard InChI is InChI=1S/C22H36N2O3/c1-18(2)10-12-24-16-20-15-19(7-6-13-25)8-9-21(20)27-14-5-3-4-11-23-22(26)17-24/h8-9,15,18,25H,3-7,10-14,16-17H2,1-2H3,(H,23,26). The minimum absolute atomic E-state index is 0.108. The summed E-state index contributed by atoms with van der Waals surface area (Å²) in [7, 11) is 0. The van der Waals surface area contributed by atoms with Gasteiger partial charge >= 0.3 is 0 Å². The maximum Gasteiger partial charge on any atom is 0.234 e. The number of nitrogens with one attached hydrogen (secondary N) is 1. The molecule has 2 rings (SSSR count). The van der Waals surface area contributed by atoms with E-state index in [1.807, 2.05) is 0 Å². The zero-order valence-electron chi connectivity index (χ0n) is 17.0. The zero-order chi connectivity index (χ0) is 19.5. The van der Waals surface area contributed by atoms with Gasteiger partial charge in [-0.2, -0.15) is 0 Å². The Bertz CT molecular complexity index is 575. The van der Waals surface area contributed by atoms with E-state index < -0.39 is 0 Å². The monoisotopic (exact) mass is 376 g/mol. The van der Waals surface area contributed by atoms with E-state index in [-0.39, 0.29) is 12.5 Å². The number of carbonyl (C=O) groups is 1.